The molecule has 0 spiro atoms. The molecule has 1 saturated heterocycles. The third kappa shape index (κ3) is 6.66. The second kappa shape index (κ2) is 12.8. The van der Waals surface area contributed by atoms with Crippen molar-refractivity contribution in [2.45, 2.75) is 43.9 Å². The number of ether oxygens (including phenoxy) is 3. The van der Waals surface area contributed by atoms with Crippen molar-refractivity contribution in [1.29, 1.82) is 0 Å². The molecule has 10 nitrogen and oxygen atoms in total. The van der Waals surface area contributed by atoms with Gasteiger partial charge < -0.3 is 29.7 Å². The number of para-hydroxylation sites is 1. The predicted molar refractivity (Wildman–Crippen MR) is 152 cm³/mol. The molecule has 1 aromatic heterocycles. The highest BCUT2D eigenvalue weighted by atomic mass is 16.5. The number of pyridine rings is 1. The summed E-state index contributed by atoms with van der Waals surface area (Å²) in [6.45, 7) is 0.780. The molecule has 3 amide bonds. The molecule has 0 radical (unpaired) electrons. The van der Waals surface area contributed by atoms with Crippen molar-refractivity contribution in [2.24, 2.45) is 0 Å². The predicted octanol–water partition coefficient (Wildman–Crippen LogP) is 3.47. The number of rotatable bonds is 8. The van der Waals surface area contributed by atoms with Crippen LogP contribution in [0, 0.1) is 0 Å². The summed E-state index contributed by atoms with van der Waals surface area (Å²) in [7, 11) is 3.26. The fraction of sp³-hybridized carbons (Fsp3) is 0.355. The summed E-state index contributed by atoms with van der Waals surface area (Å²) in [5, 5.41) is 5.81. The van der Waals surface area contributed by atoms with Crippen molar-refractivity contribution in [2.75, 3.05) is 32.6 Å². The smallest absolute Gasteiger partial charge is 0.259 e. The average molecular weight is 559 g/mol. The monoisotopic (exact) mass is 558 g/mol. The van der Waals surface area contributed by atoms with Gasteiger partial charge in [0.2, 0.25) is 5.91 Å². The molecule has 2 aliphatic heterocycles. The highest BCUT2D eigenvalue weighted by Gasteiger charge is 2.39. The van der Waals surface area contributed by atoms with Crippen LogP contribution in [0.2, 0.25) is 0 Å². The number of nitrogens with zero attached hydrogens (tertiary/aromatic N) is 2. The summed E-state index contributed by atoms with van der Waals surface area (Å²) in [6, 6.07) is 15.6. The van der Waals surface area contributed by atoms with Crippen molar-refractivity contribution in [3.8, 4) is 11.5 Å². The number of hydrogen-bond donors (Lipinski definition) is 2. The van der Waals surface area contributed by atoms with Gasteiger partial charge in [-0.25, -0.2) is 0 Å². The van der Waals surface area contributed by atoms with Crippen LogP contribution in [0.4, 0.5) is 5.69 Å². The third-order valence-electron chi connectivity index (χ3n) is 7.52. The van der Waals surface area contributed by atoms with Gasteiger partial charge in [-0.05, 0) is 67.3 Å². The molecular weight excluding hydrogens is 524 g/mol. The van der Waals surface area contributed by atoms with Crippen molar-refractivity contribution in [1.82, 2.24) is 15.2 Å². The molecule has 1 fully saturated rings. The zero-order valence-corrected chi connectivity index (χ0v) is 23.2. The van der Waals surface area contributed by atoms with Crippen LogP contribution in [-0.4, -0.2) is 73.2 Å². The van der Waals surface area contributed by atoms with E-state index in [1.54, 1.807) is 66.8 Å². The van der Waals surface area contributed by atoms with Crippen molar-refractivity contribution in [3.05, 3.63) is 83.7 Å². The Kier molecular flexibility index (Phi) is 8.79. The summed E-state index contributed by atoms with van der Waals surface area (Å²) in [5.74, 6) is 0.239. The van der Waals surface area contributed by atoms with E-state index < -0.39 is 0 Å². The minimum atomic E-state index is -0.370. The first-order valence-electron chi connectivity index (χ1n) is 13.7. The largest absolute Gasteiger partial charge is 0.496 e. The molecule has 0 unspecified atom stereocenters. The maximum absolute atomic E-state index is 13.5. The Morgan fingerprint density at radius 3 is 2.71 bits per heavy atom. The lowest BCUT2D eigenvalue weighted by molar-refractivity contribution is -0.134. The van der Waals surface area contributed by atoms with Crippen molar-refractivity contribution in [3.63, 3.8) is 0 Å². The van der Waals surface area contributed by atoms with Gasteiger partial charge in [0.1, 0.15) is 24.2 Å². The first-order valence-corrected chi connectivity index (χ1v) is 13.7. The Hall–Kier alpha value is -4.44. The van der Waals surface area contributed by atoms with Crippen LogP contribution in [0.1, 0.15) is 45.5 Å². The Labute approximate surface area is 239 Å². The minimum absolute atomic E-state index is 0.0632. The molecule has 10 heteroatoms. The molecule has 41 heavy (non-hydrogen) atoms. The molecule has 5 rings (SSSR count). The van der Waals surface area contributed by atoms with E-state index >= 15 is 0 Å². The molecular formula is C31H34N4O6. The normalized spacial score (nSPS) is 20.0. The Bertz CT molecular complexity index is 1400. The number of amides is 3. The molecule has 0 aliphatic carbocycles. The first kappa shape index (κ1) is 28.1. The van der Waals surface area contributed by atoms with Crippen LogP contribution in [-0.2, 0) is 16.0 Å². The molecule has 2 aromatic carbocycles. The summed E-state index contributed by atoms with van der Waals surface area (Å²) < 4.78 is 17.6. The maximum atomic E-state index is 13.5. The third-order valence-corrected chi connectivity index (χ3v) is 7.52. The zero-order chi connectivity index (χ0) is 28.8. The number of carbonyl (C=O) groups is 3. The van der Waals surface area contributed by atoms with Gasteiger partial charge in [0.05, 0.1) is 36.8 Å². The number of hydrogen-bond acceptors (Lipinski definition) is 7. The lowest BCUT2D eigenvalue weighted by Crippen LogP contribution is -2.54. The van der Waals surface area contributed by atoms with Gasteiger partial charge in [0.15, 0.2) is 0 Å². The molecule has 214 valence electrons. The van der Waals surface area contributed by atoms with E-state index in [4.69, 9.17) is 14.2 Å². The molecule has 2 N–H and O–H groups in total. The second-order valence-electron chi connectivity index (χ2n) is 10.2. The first-order chi connectivity index (χ1) is 19.9. The molecule has 0 saturated carbocycles. The van der Waals surface area contributed by atoms with E-state index in [0.717, 1.165) is 12.0 Å². The standard InChI is InChI=1S/C31H34N4O6/c1-35-25-9-8-22(18-29(36)33-16-13-20-11-14-32-15-12-20)41-28(25)19-40-27-10-7-21(17-24(27)31(35)38)34-30(37)23-5-3-4-6-26(23)39-2/h3-7,10-12,14-15,17,22,25,28H,8-9,13,16,18-19H2,1-2H3,(H,33,36)(H,34,37)/t22-,25+,28-/m0/s1. The van der Waals surface area contributed by atoms with E-state index in [2.05, 4.69) is 15.6 Å². The minimum Gasteiger partial charge on any atom is -0.496 e. The molecule has 2 aliphatic rings. The van der Waals surface area contributed by atoms with Crippen LogP contribution in [0.15, 0.2) is 67.0 Å². The lowest BCUT2D eigenvalue weighted by Gasteiger charge is -2.42. The van der Waals surface area contributed by atoms with Crippen molar-refractivity contribution >= 4 is 23.4 Å². The van der Waals surface area contributed by atoms with Gasteiger partial charge in [-0.1, -0.05) is 12.1 Å². The molecule has 3 heterocycles. The summed E-state index contributed by atoms with van der Waals surface area (Å²) >= 11 is 0. The number of anilines is 1. The van der Waals surface area contributed by atoms with E-state index in [9.17, 15) is 14.4 Å². The number of nitrogens with one attached hydrogen (secondary N) is 2. The topological polar surface area (TPSA) is 119 Å². The zero-order valence-electron chi connectivity index (χ0n) is 23.2. The number of aromatic nitrogens is 1. The SMILES string of the molecule is COc1ccccc1C(=O)Nc1ccc2c(c1)C(=O)N(C)[C@@H]1CC[C@@H](CC(=O)NCCc3ccncc3)O[C@H]1CO2. The van der Waals surface area contributed by atoms with Gasteiger partial charge in [-0.15, -0.1) is 0 Å². The van der Waals surface area contributed by atoms with Crippen LogP contribution in [0.25, 0.3) is 0 Å². The number of benzene rings is 2. The van der Waals surface area contributed by atoms with E-state index in [-0.39, 0.29) is 49.0 Å². The Balaban J connectivity index is 1.20. The highest BCUT2D eigenvalue weighted by Crippen LogP contribution is 2.33. The maximum Gasteiger partial charge on any atom is 0.259 e. The van der Waals surface area contributed by atoms with E-state index in [1.165, 1.54) is 7.11 Å². The lowest BCUT2D eigenvalue weighted by atomic mass is 9.94. The Morgan fingerprint density at radius 2 is 1.90 bits per heavy atom. The quantitative estimate of drug-likeness (QED) is 0.435. The number of fused-ring (bicyclic) bond motifs is 2. The van der Waals surface area contributed by atoms with Gasteiger partial charge in [-0.3, -0.25) is 19.4 Å². The van der Waals surface area contributed by atoms with Crippen LogP contribution in [0.3, 0.4) is 0 Å². The molecule has 3 atom stereocenters. The summed E-state index contributed by atoms with van der Waals surface area (Å²) in [6.07, 6.45) is 5.17. The fourth-order valence-corrected chi connectivity index (χ4v) is 5.31. The average Bonchev–Trinajstić information content (AvgIpc) is 2.99. The van der Waals surface area contributed by atoms with Gasteiger partial charge in [0.25, 0.3) is 11.8 Å². The summed E-state index contributed by atoms with van der Waals surface area (Å²) in [5.41, 5.74) is 2.33. The van der Waals surface area contributed by atoms with E-state index in [0.29, 0.717) is 47.7 Å². The number of likely N-dealkylation sites (N-methyl/N-ethyl adjacent to an activating group) is 1. The van der Waals surface area contributed by atoms with Gasteiger partial charge in [-0.2, -0.15) is 0 Å². The van der Waals surface area contributed by atoms with Crippen LogP contribution < -0.4 is 20.1 Å². The van der Waals surface area contributed by atoms with Crippen molar-refractivity contribution < 1.29 is 28.6 Å². The number of methoxy groups -OCH3 is 1. The molecule has 0 bridgehead atoms. The van der Waals surface area contributed by atoms with Gasteiger partial charge in [0, 0.05) is 31.7 Å². The van der Waals surface area contributed by atoms with Gasteiger partial charge >= 0.3 is 0 Å². The molecule has 3 aromatic rings. The fourth-order valence-electron chi connectivity index (χ4n) is 5.31. The van der Waals surface area contributed by atoms with E-state index in [1.807, 2.05) is 12.1 Å². The number of carbonyl (C=O) groups excluding carboxylic acids is 3. The van der Waals surface area contributed by atoms with Crippen LogP contribution >= 0.6 is 0 Å². The Morgan fingerprint density at radius 1 is 1.10 bits per heavy atom. The highest BCUT2D eigenvalue weighted by molar-refractivity contribution is 6.07. The summed E-state index contributed by atoms with van der Waals surface area (Å²) in [4.78, 5) is 44.7. The second-order valence-corrected chi connectivity index (χ2v) is 10.2. The van der Waals surface area contributed by atoms with Crippen LogP contribution in [0.5, 0.6) is 11.5 Å².